The normalized spacial score (nSPS) is 14.6. The van der Waals surface area contributed by atoms with Gasteiger partial charge in [-0.15, -0.1) is 0 Å². The number of fused-ring (bicyclic) bond motifs is 1. The van der Waals surface area contributed by atoms with Crippen molar-refractivity contribution in [3.63, 3.8) is 0 Å². The molecule has 8 nitrogen and oxygen atoms in total. The fourth-order valence-corrected chi connectivity index (χ4v) is 2.73. The van der Waals surface area contributed by atoms with Crippen LogP contribution in [0, 0.1) is 11.7 Å². The van der Waals surface area contributed by atoms with Crippen LogP contribution in [0.4, 0.5) is 9.18 Å². The molecule has 1 atom stereocenters. The molecule has 2 heterocycles. The number of aromatic nitrogens is 2. The van der Waals surface area contributed by atoms with Crippen LogP contribution >= 0.6 is 0 Å². The van der Waals surface area contributed by atoms with Crippen molar-refractivity contribution in [2.24, 2.45) is 5.92 Å². The molecule has 9 heteroatoms. The Kier molecular flexibility index (Phi) is 5.20. The summed E-state index contributed by atoms with van der Waals surface area (Å²) in [4.78, 5) is 18.9. The Morgan fingerprint density at radius 3 is 2.90 bits per heavy atom. The van der Waals surface area contributed by atoms with Crippen LogP contribution in [0.1, 0.15) is 19.8 Å². The quantitative estimate of drug-likeness (QED) is 0.590. The van der Waals surface area contributed by atoms with Gasteiger partial charge >= 0.3 is 6.09 Å². The van der Waals surface area contributed by atoms with Crippen molar-refractivity contribution in [1.82, 2.24) is 15.3 Å². The monoisotopic (exact) mass is 401 g/mol. The predicted molar refractivity (Wildman–Crippen MR) is 102 cm³/mol. The molecule has 2 N–H and O–H groups in total. The van der Waals surface area contributed by atoms with Crippen LogP contribution in [0.25, 0.3) is 22.7 Å². The van der Waals surface area contributed by atoms with Gasteiger partial charge in [-0.3, -0.25) is 0 Å². The lowest BCUT2D eigenvalue weighted by atomic mass is 10.3. The molecule has 152 valence electrons. The van der Waals surface area contributed by atoms with E-state index in [1.807, 2.05) is 0 Å². The number of nitrogens with one attached hydrogen (secondary N) is 1. The van der Waals surface area contributed by atoms with Gasteiger partial charge in [0.15, 0.2) is 17.1 Å². The van der Waals surface area contributed by atoms with E-state index < -0.39 is 18.0 Å². The molecule has 1 aliphatic carbocycles. The first-order valence-corrected chi connectivity index (χ1v) is 9.29. The van der Waals surface area contributed by atoms with Gasteiger partial charge in [-0.1, -0.05) is 0 Å². The molecule has 0 aliphatic heterocycles. The smallest absolute Gasteiger partial charge is 0.404 e. The van der Waals surface area contributed by atoms with Crippen molar-refractivity contribution in [2.45, 2.75) is 25.8 Å². The summed E-state index contributed by atoms with van der Waals surface area (Å²) >= 11 is 0. The summed E-state index contributed by atoms with van der Waals surface area (Å²) in [6.45, 7) is 2.36. The largest absolute Gasteiger partial charge is 0.493 e. The first-order chi connectivity index (χ1) is 14.0. The van der Waals surface area contributed by atoms with Crippen LogP contribution in [-0.2, 0) is 0 Å². The van der Waals surface area contributed by atoms with E-state index in [0.717, 1.165) is 6.07 Å². The average Bonchev–Trinajstić information content (AvgIpc) is 3.41. The van der Waals surface area contributed by atoms with Crippen molar-refractivity contribution < 1.29 is 28.2 Å². The van der Waals surface area contributed by atoms with Gasteiger partial charge in [-0.2, -0.15) is 0 Å². The molecule has 1 amide bonds. The maximum atomic E-state index is 14.5. The Morgan fingerprint density at radius 2 is 2.17 bits per heavy atom. The number of amides is 1. The van der Waals surface area contributed by atoms with Gasteiger partial charge in [0.2, 0.25) is 5.89 Å². The highest BCUT2D eigenvalue weighted by Crippen LogP contribution is 2.31. The highest BCUT2D eigenvalue weighted by molar-refractivity contribution is 5.77. The Balaban J connectivity index is 1.47. The van der Waals surface area contributed by atoms with Crippen LogP contribution in [0.5, 0.6) is 11.5 Å². The summed E-state index contributed by atoms with van der Waals surface area (Å²) in [5.74, 6) is 0.922. The van der Waals surface area contributed by atoms with E-state index >= 15 is 0 Å². The number of ether oxygens (including phenoxy) is 2. The Labute approximate surface area is 165 Å². The Bertz CT molecular complexity index is 1030. The third kappa shape index (κ3) is 4.74. The van der Waals surface area contributed by atoms with Crippen LogP contribution < -0.4 is 14.8 Å². The molecule has 1 fully saturated rings. The van der Waals surface area contributed by atoms with Gasteiger partial charge in [0.1, 0.15) is 23.6 Å². The van der Waals surface area contributed by atoms with Gasteiger partial charge in [-0.05, 0) is 37.8 Å². The minimum Gasteiger partial charge on any atom is -0.493 e. The Morgan fingerprint density at radius 1 is 1.34 bits per heavy atom. The van der Waals surface area contributed by atoms with E-state index in [-0.39, 0.29) is 23.9 Å². The summed E-state index contributed by atoms with van der Waals surface area (Å²) in [5.41, 5.74) is 1.03. The highest BCUT2D eigenvalue weighted by Gasteiger charge is 2.22. The number of hydrogen-bond donors (Lipinski definition) is 2. The summed E-state index contributed by atoms with van der Waals surface area (Å²) in [6, 6.07) is 6.00. The van der Waals surface area contributed by atoms with Crippen LogP contribution in [0.15, 0.2) is 34.9 Å². The zero-order chi connectivity index (χ0) is 20.4. The maximum absolute atomic E-state index is 14.5. The molecule has 4 rings (SSSR count). The fraction of sp³-hybridized carbons (Fsp3) is 0.350. The third-order valence-electron chi connectivity index (χ3n) is 4.43. The number of carbonyl (C=O) groups is 1. The number of oxazole rings is 1. The first kappa shape index (κ1) is 19.0. The van der Waals surface area contributed by atoms with Gasteiger partial charge in [0.25, 0.3) is 0 Å². The number of hydrogen-bond acceptors (Lipinski definition) is 6. The molecule has 2 aromatic heterocycles. The minimum absolute atomic E-state index is 0.0364. The molecule has 29 heavy (non-hydrogen) atoms. The van der Waals surface area contributed by atoms with Crippen molar-refractivity contribution in [3.8, 4) is 23.1 Å². The summed E-state index contributed by atoms with van der Waals surface area (Å²) in [7, 11) is 0. The minimum atomic E-state index is -1.15. The first-order valence-electron chi connectivity index (χ1n) is 9.29. The molecule has 1 saturated carbocycles. The predicted octanol–water partition coefficient (Wildman–Crippen LogP) is 3.85. The van der Waals surface area contributed by atoms with E-state index in [1.54, 1.807) is 25.1 Å². The molecular formula is C20H20FN3O5. The topological polar surface area (TPSA) is 107 Å². The van der Waals surface area contributed by atoms with E-state index in [1.165, 1.54) is 19.0 Å². The van der Waals surface area contributed by atoms with Crippen LogP contribution in [0.2, 0.25) is 0 Å². The second kappa shape index (κ2) is 7.94. The molecule has 0 bridgehead atoms. The number of rotatable bonds is 8. The van der Waals surface area contributed by atoms with Crippen molar-refractivity contribution in [1.29, 1.82) is 0 Å². The van der Waals surface area contributed by atoms with Crippen LogP contribution in [-0.4, -0.2) is 40.4 Å². The third-order valence-corrected chi connectivity index (χ3v) is 4.43. The van der Waals surface area contributed by atoms with Gasteiger partial charge in [0, 0.05) is 12.1 Å². The molecular weight excluding hydrogens is 381 g/mol. The lowest BCUT2D eigenvalue weighted by Crippen LogP contribution is -2.35. The SMILES string of the molecule is C[C@@H](COc1cnc(-c2nc3cc(OCC4CC4)ccc3o2)c(F)c1)NC(=O)O. The van der Waals surface area contributed by atoms with E-state index in [9.17, 15) is 9.18 Å². The van der Waals surface area contributed by atoms with E-state index in [2.05, 4.69) is 15.3 Å². The lowest BCUT2D eigenvalue weighted by molar-refractivity contribution is 0.183. The molecule has 1 aliphatic rings. The zero-order valence-corrected chi connectivity index (χ0v) is 15.7. The molecule has 0 radical (unpaired) electrons. The molecule has 0 unspecified atom stereocenters. The number of nitrogens with zero attached hydrogens (tertiary/aromatic N) is 2. The summed E-state index contributed by atoms with van der Waals surface area (Å²) < 4.78 is 31.2. The average molecular weight is 401 g/mol. The number of carboxylic acid groups (broad SMARTS) is 1. The molecule has 1 aromatic carbocycles. The summed E-state index contributed by atoms with van der Waals surface area (Å²) in [5, 5.41) is 10.9. The molecule has 0 spiro atoms. The number of halogens is 1. The summed E-state index contributed by atoms with van der Waals surface area (Å²) in [6.07, 6.45) is 2.59. The number of pyridine rings is 1. The molecule has 3 aromatic rings. The molecule has 0 saturated heterocycles. The zero-order valence-electron chi connectivity index (χ0n) is 15.7. The second-order valence-electron chi connectivity index (χ2n) is 7.07. The van der Waals surface area contributed by atoms with Crippen molar-refractivity contribution in [2.75, 3.05) is 13.2 Å². The van der Waals surface area contributed by atoms with E-state index in [0.29, 0.717) is 29.4 Å². The van der Waals surface area contributed by atoms with Crippen molar-refractivity contribution >= 4 is 17.2 Å². The maximum Gasteiger partial charge on any atom is 0.404 e. The highest BCUT2D eigenvalue weighted by atomic mass is 19.1. The van der Waals surface area contributed by atoms with Gasteiger partial charge < -0.3 is 24.3 Å². The number of benzene rings is 1. The van der Waals surface area contributed by atoms with Gasteiger partial charge in [0.05, 0.1) is 18.8 Å². The Hall–Kier alpha value is -3.36. The van der Waals surface area contributed by atoms with Crippen LogP contribution in [0.3, 0.4) is 0 Å². The second-order valence-corrected chi connectivity index (χ2v) is 7.07. The fourth-order valence-electron chi connectivity index (χ4n) is 2.73. The van der Waals surface area contributed by atoms with E-state index in [4.69, 9.17) is 19.0 Å². The van der Waals surface area contributed by atoms with Gasteiger partial charge in [-0.25, -0.2) is 19.2 Å². The lowest BCUT2D eigenvalue weighted by Gasteiger charge is -2.12. The van der Waals surface area contributed by atoms with Crippen molar-refractivity contribution in [3.05, 3.63) is 36.3 Å². The standard InChI is InChI=1S/C20H20FN3O5/c1-11(23-20(25)26)9-27-14-6-15(21)18(22-8-14)19-24-16-7-13(4-5-17(16)29-19)28-10-12-2-3-12/h4-8,11-12,23H,2-3,9-10H2,1H3,(H,25,26)/t11-/m0/s1.